The summed E-state index contributed by atoms with van der Waals surface area (Å²) < 4.78 is 4.91. The van der Waals surface area contributed by atoms with Crippen molar-refractivity contribution in [2.24, 2.45) is 4.99 Å². The van der Waals surface area contributed by atoms with Gasteiger partial charge in [0.05, 0.1) is 6.04 Å². The van der Waals surface area contributed by atoms with Crippen LogP contribution in [-0.4, -0.2) is 19.0 Å². The Bertz CT molecular complexity index is 268. The van der Waals surface area contributed by atoms with Gasteiger partial charge in [0.1, 0.15) is 6.61 Å². The molecule has 2 rings (SSSR count). The minimum atomic E-state index is 0.271. The molecule has 0 aromatic heterocycles. The normalized spacial score (nSPS) is 20.8. The molecule has 0 N–H and O–H groups in total. The van der Waals surface area contributed by atoms with Gasteiger partial charge in [-0.05, 0) is 12.0 Å². The lowest BCUT2D eigenvalue weighted by atomic mass is 10.1. The van der Waals surface area contributed by atoms with Crippen LogP contribution in [0.25, 0.3) is 0 Å². The van der Waals surface area contributed by atoms with Crippen LogP contribution in [-0.2, 0) is 11.2 Å². The zero-order chi connectivity index (χ0) is 8.23. The maximum absolute atomic E-state index is 4.91. The standard InChI is InChI=1S/C10H10NO/c1-2-4-9(5-3-1)6-10-7-12-8-11-10/h1-5,10H,6-7H2/t10-/m1/s1. The molecule has 2 heteroatoms. The van der Waals surface area contributed by atoms with Crippen molar-refractivity contribution in [2.45, 2.75) is 12.5 Å². The number of rotatable bonds is 2. The Morgan fingerprint density at radius 1 is 1.42 bits per heavy atom. The third-order valence-electron chi connectivity index (χ3n) is 1.89. The first-order valence-corrected chi connectivity index (χ1v) is 4.06. The summed E-state index contributed by atoms with van der Waals surface area (Å²) in [6.45, 7) is 0.675. The molecule has 12 heavy (non-hydrogen) atoms. The first-order valence-electron chi connectivity index (χ1n) is 4.06. The zero-order valence-corrected chi connectivity index (χ0v) is 6.73. The Morgan fingerprint density at radius 2 is 2.25 bits per heavy atom. The molecule has 0 saturated carbocycles. The molecule has 0 saturated heterocycles. The van der Waals surface area contributed by atoms with Gasteiger partial charge < -0.3 is 4.74 Å². The third-order valence-corrected chi connectivity index (χ3v) is 1.89. The van der Waals surface area contributed by atoms with Crippen LogP contribution in [0, 0.1) is 0 Å². The summed E-state index contributed by atoms with van der Waals surface area (Å²) in [6, 6.07) is 10.6. The van der Waals surface area contributed by atoms with Gasteiger partial charge >= 0.3 is 0 Å². The third kappa shape index (κ3) is 1.64. The predicted molar refractivity (Wildman–Crippen MR) is 47.3 cm³/mol. The SMILES string of the molecule is [C]1=N[C@H](Cc2ccccc2)CO1. The lowest BCUT2D eigenvalue weighted by Gasteiger charge is -2.03. The van der Waals surface area contributed by atoms with E-state index in [1.54, 1.807) is 0 Å². The fourth-order valence-corrected chi connectivity index (χ4v) is 1.27. The van der Waals surface area contributed by atoms with E-state index >= 15 is 0 Å². The quantitative estimate of drug-likeness (QED) is 0.643. The minimum absolute atomic E-state index is 0.271. The van der Waals surface area contributed by atoms with Gasteiger partial charge in [-0.15, -0.1) is 0 Å². The Hall–Kier alpha value is -1.31. The van der Waals surface area contributed by atoms with E-state index in [9.17, 15) is 0 Å². The van der Waals surface area contributed by atoms with Crippen molar-refractivity contribution in [3.05, 3.63) is 35.9 Å². The van der Waals surface area contributed by atoms with Gasteiger partial charge in [0.2, 0.25) is 0 Å². The first kappa shape index (κ1) is 7.35. The Kier molecular flexibility index (Phi) is 2.08. The van der Waals surface area contributed by atoms with Gasteiger partial charge in [-0.25, -0.2) is 4.99 Å². The second-order valence-corrected chi connectivity index (χ2v) is 2.87. The molecule has 0 amide bonds. The molecule has 0 fully saturated rings. The van der Waals surface area contributed by atoms with Gasteiger partial charge in [0, 0.05) is 0 Å². The van der Waals surface area contributed by atoms with Gasteiger partial charge in [-0.3, -0.25) is 0 Å². The van der Waals surface area contributed by atoms with Crippen molar-refractivity contribution in [2.75, 3.05) is 6.61 Å². The van der Waals surface area contributed by atoms with E-state index in [-0.39, 0.29) is 6.04 Å². The molecule has 1 aliphatic heterocycles. The maximum atomic E-state index is 4.91. The Balaban J connectivity index is 1.99. The smallest absolute Gasteiger partial charge is 0.273 e. The lowest BCUT2D eigenvalue weighted by Crippen LogP contribution is -2.09. The van der Waals surface area contributed by atoms with Crippen LogP contribution >= 0.6 is 0 Å². The average Bonchev–Trinajstić information content (AvgIpc) is 2.59. The van der Waals surface area contributed by atoms with Gasteiger partial charge in [0.25, 0.3) is 6.40 Å². The number of hydrogen-bond donors (Lipinski definition) is 0. The van der Waals surface area contributed by atoms with Crippen molar-refractivity contribution in [3.63, 3.8) is 0 Å². The van der Waals surface area contributed by atoms with Crippen LogP contribution in [0.2, 0.25) is 0 Å². The fraction of sp³-hybridized carbons (Fsp3) is 0.300. The molecule has 1 aromatic carbocycles. The Labute approximate surface area is 71.9 Å². The van der Waals surface area contributed by atoms with E-state index in [1.807, 2.05) is 18.2 Å². The topological polar surface area (TPSA) is 21.6 Å². The zero-order valence-electron chi connectivity index (χ0n) is 6.73. The Morgan fingerprint density at radius 3 is 2.92 bits per heavy atom. The number of ether oxygens (including phenoxy) is 1. The summed E-state index contributed by atoms with van der Waals surface area (Å²) in [5, 5.41) is 0. The van der Waals surface area contributed by atoms with Gasteiger partial charge in [-0.2, -0.15) is 0 Å². The van der Waals surface area contributed by atoms with Gasteiger partial charge in [0.15, 0.2) is 0 Å². The van der Waals surface area contributed by atoms with Gasteiger partial charge in [-0.1, -0.05) is 30.3 Å². The second kappa shape index (κ2) is 3.39. The maximum Gasteiger partial charge on any atom is 0.273 e. The molecule has 1 aromatic rings. The molecule has 1 radical (unpaired) electrons. The van der Waals surface area contributed by atoms with Crippen LogP contribution in [0.1, 0.15) is 5.56 Å². The van der Waals surface area contributed by atoms with Crippen molar-refractivity contribution in [1.82, 2.24) is 0 Å². The summed E-state index contributed by atoms with van der Waals surface area (Å²) in [5.41, 5.74) is 1.30. The van der Waals surface area contributed by atoms with E-state index < -0.39 is 0 Å². The van der Waals surface area contributed by atoms with Crippen molar-refractivity contribution >= 4 is 6.40 Å². The summed E-state index contributed by atoms with van der Waals surface area (Å²) in [7, 11) is 0. The van der Waals surface area contributed by atoms with Crippen molar-refractivity contribution < 1.29 is 4.74 Å². The molecule has 0 aliphatic carbocycles. The van der Waals surface area contributed by atoms with Crippen molar-refractivity contribution in [1.29, 1.82) is 0 Å². The largest absolute Gasteiger partial charge is 0.472 e. The molecular weight excluding hydrogens is 150 g/mol. The number of benzene rings is 1. The molecule has 1 aliphatic rings. The van der Waals surface area contributed by atoms with Crippen LogP contribution in [0.3, 0.4) is 0 Å². The van der Waals surface area contributed by atoms with E-state index in [2.05, 4.69) is 23.5 Å². The van der Waals surface area contributed by atoms with Crippen LogP contribution in [0.15, 0.2) is 35.3 Å². The fourth-order valence-electron chi connectivity index (χ4n) is 1.27. The lowest BCUT2D eigenvalue weighted by molar-refractivity contribution is 0.327. The molecule has 0 unspecified atom stereocenters. The second-order valence-electron chi connectivity index (χ2n) is 2.87. The highest BCUT2D eigenvalue weighted by atomic mass is 16.5. The summed E-state index contributed by atoms with van der Waals surface area (Å²) in [4.78, 5) is 4.06. The van der Waals surface area contributed by atoms with Crippen LogP contribution < -0.4 is 0 Å². The molecular formula is C10H10NO. The van der Waals surface area contributed by atoms with E-state index in [0.29, 0.717) is 6.61 Å². The number of aliphatic imine (C=N–C) groups is 1. The minimum Gasteiger partial charge on any atom is -0.472 e. The number of nitrogens with zero attached hydrogens (tertiary/aromatic N) is 1. The molecule has 0 spiro atoms. The summed E-state index contributed by atoms with van der Waals surface area (Å²) >= 11 is 0. The van der Waals surface area contributed by atoms with Crippen LogP contribution in [0.5, 0.6) is 0 Å². The molecule has 2 nitrogen and oxygen atoms in total. The highest BCUT2D eigenvalue weighted by Gasteiger charge is 2.12. The predicted octanol–water partition coefficient (Wildman–Crippen LogP) is 1.53. The summed E-state index contributed by atoms with van der Waals surface area (Å²) in [6.07, 6.45) is 3.47. The van der Waals surface area contributed by atoms with E-state index in [0.717, 1.165) is 6.42 Å². The van der Waals surface area contributed by atoms with Crippen LogP contribution in [0.4, 0.5) is 0 Å². The average molecular weight is 160 g/mol. The molecule has 1 atom stereocenters. The highest BCUT2D eigenvalue weighted by molar-refractivity contribution is 5.49. The molecule has 1 heterocycles. The van der Waals surface area contributed by atoms with E-state index in [4.69, 9.17) is 4.74 Å². The summed E-state index contributed by atoms with van der Waals surface area (Å²) in [5.74, 6) is 0. The van der Waals surface area contributed by atoms with E-state index in [1.165, 1.54) is 5.56 Å². The number of hydrogen-bond acceptors (Lipinski definition) is 2. The first-order chi connectivity index (χ1) is 5.95. The molecule has 0 bridgehead atoms. The van der Waals surface area contributed by atoms with Crippen molar-refractivity contribution in [3.8, 4) is 0 Å². The monoisotopic (exact) mass is 160 g/mol. The molecule has 61 valence electrons. The highest BCUT2D eigenvalue weighted by Crippen LogP contribution is 2.08.